The van der Waals surface area contributed by atoms with Crippen LogP contribution in [0, 0.1) is 6.92 Å². The number of likely N-dealkylation sites (tertiary alicyclic amines) is 1. The van der Waals surface area contributed by atoms with Crippen molar-refractivity contribution in [2.75, 3.05) is 26.7 Å². The topological polar surface area (TPSA) is 103 Å². The van der Waals surface area contributed by atoms with Crippen LogP contribution in [-0.2, 0) is 27.4 Å². The molecule has 0 aliphatic carbocycles. The van der Waals surface area contributed by atoms with Crippen LogP contribution in [-0.4, -0.2) is 87.7 Å². The Kier molecular flexibility index (Phi) is 11.3. The number of aromatic nitrogens is 1. The molecule has 1 spiro atoms. The van der Waals surface area contributed by atoms with Crippen LogP contribution in [0.25, 0.3) is 0 Å². The lowest BCUT2D eigenvalue weighted by molar-refractivity contribution is -0.193. The lowest BCUT2D eigenvalue weighted by Crippen LogP contribution is -2.36. The summed E-state index contributed by atoms with van der Waals surface area (Å²) >= 11 is 1.91. The predicted octanol–water partition coefficient (Wildman–Crippen LogP) is 4.58. The van der Waals surface area contributed by atoms with Crippen molar-refractivity contribution in [1.29, 1.82) is 0 Å². The van der Waals surface area contributed by atoms with Crippen molar-refractivity contribution in [3.05, 3.63) is 52.0 Å². The Bertz CT molecular complexity index is 1060. The number of halogens is 6. The third-order valence-corrected chi connectivity index (χ3v) is 6.99. The van der Waals surface area contributed by atoms with Crippen LogP contribution in [0.2, 0.25) is 0 Å². The number of nitrogens with zero attached hydrogens (tertiary/aromatic N) is 3. The van der Waals surface area contributed by atoms with Crippen molar-refractivity contribution in [3.63, 3.8) is 0 Å². The van der Waals surface area contributed by atoms with Gasteiger partial charge in [-0.15, -0.1) is 11.3 Å². The Morgan fingerprint density at radius 1 is 1.13 bits per heavy atom. The van der Waals surface area contributed by atoms with Gasteiger partial charge in [-0.2, -0.15) is 26.3 Å². The van der Waals surface area contributed by atoms with E-state index in [0.717, 1.165) is 51.3 Å². The Labute approximate surface area is 224 Å². The Hall–Kier alpha value is -2.75. The van der Waals surface area contributed by atoms with Crippen molar-refractivity contribution < 1.29 is 50.9 Å². The molecular weight excluding hydrogens is 556 g/mol. The quantitative estimate of drug-likeness (QED) is 0.492. The molecule has 15 heteroatoms. The van der Waals surface area contributed by atoms with Crippen molar-refractivity contribution >= 4 is 23.3 Å². The summed E-state index contributed by atoms with van der Waals surface area (Å²) in [6, 6.07) is 11.1. The number of alkyl halides is 6. The van der Waals surface area contributed by atoms with Gasteiger partial charge in [-0.25, -0.2) is 9.59 Å². The van der Waals surface area contributed by atoms with Gasteiger partial charge < -0.3 is 14.9 Å². The number of likely N-dealkylation sites (N-methyl/N-ethyl adjacent to an activating group) is 1. The molecule has 2 aliphatic rings. The van der Waals surface area contributed by atoms with Gasteiger partial charge in [0.25, 0.3) is 0 Å². The van der Waals surface area contributed by atoms with E-state index in [4.69, 9.17) is 24.5 Å². The summed E-state index contributed by atoms with van der Waals surface area (Å²) in [5.74, 6) is -5.51. The number of hydrogen-bond donors (Lipinski definition) is 2. The molecule has 2 aromatic rings. The molecule has 39 heavy (non-hydrogen) atoms. The highest BCUT2D eigenvalue weighted by atomic mass is 32.1. The van der Waals surface area contributed by atoms with Gasteiger partial charge in [-0.3, -0.25) is 14.8 Å². The Morgan fingerprint density at radius 3 is 2.23 bits per heavy atom. The van der Waals surface area contributed by atoms with Crippen molar-refractivity contribution in [2.24, 2.45) is 0 Å². The fourth-order valence-corrected chi connectivity index (χ4v) is 5.05. The average Bonchev–Trinajstić information content (AvgIpc) is 3.55. The monoisotopic (exact) mass is 585 g/mol. The van der Waals surface area contributed by atoms with E-state index in [1.54, 1.807) is 0 Å². The number of rotatable bonds is 5. The van der Waals surface area contributed by atoms with Gasteiger partial charge in [0.15, 0.2) is 0 Å². The van der Waals surface area contributed by atoms with Crippen molar-refractivity contribution in [2.45, 2.75) is 56.9 Å². The van der Waals surface area contributed by atoms with Gasteiger partial charge in [-0.1, -0.05) is 6.07 Å². The molecule has 2 aliphatic heterocycles. The van der Waals surface area contributed by atoms with Crippen LogP contribution in [0.1, 0.15) is 28.3 Å². The van der Waals surface area contributed by atoms with E-state index in [9.17, 15) is 26.3 Å². The molecule has 2 saturated heterocycles. The molecule has 218 valence electrons. The number of pyridine rings is 1. The minimum absolute atomic E-state index is 0.0648. The molecule has 4 rings (SSSR count). The van der Waals surface area contributed by atoms with E-state index < -0.39 is 24.3 Å². The lowest BCUT2D eigenvalue weighted by Gasteiger charge is -2.26. The number of carboxylic acid groups (broad SMARTS) is 2. The molecule has 0 bridgehead atoms. The molecule has 0 saturated carbocycles. The van der Waals surface area contributed by atoms with Crippen LogP contribution in [0.15, 0.2) is 36.5 Å². The second kappa shape index (κ2) is 13.5. The third-order valence-electron chi connectivity index (χ3n) is 6.01. The van der Waals surface area contributed by atoms with Crippen LogP contribution < -0.4 is 0 Å². The van der Waals surface area contributed by atoms with Crippen LogP contribution in [0.5, 0.6) is 0 Å². The van der Waals surface area contributed by atoms with E-state index in [1.165, 1.54) is 9.75 Å². The molecule has 0 radical (unpaired) electrons. The molecule has 0 aromatic carbocycles. The summed E-state index contributed by atoms with van der Waals surface area (Å²) in [5.41, 5.74) is 1.20. The normalized spacial score (nSPS) is 21.3. The Balaban J connectivity index is 0.000000317. The first-order valence-corrected chi connectivity index (χ1v) is 12.4. The highest BCUT2D eigenvalue weighted by Crippen LogP contribution is 2.37. The number of aliphatic carboxylic acids is 2. The fourth-order valence-electron chi connectivity index (χ4n) is 4.12. The highest BCUT2D eigenvalue weighted by molar-refractivity contribution is 7.11. The summed E-state index contributed by atoms with van der Waals surface area (Å²) in [4.78, 5) is 30.1. The van der Waals surface area contributed by atoms with Crippen LogP contribution in [0.3, 0.4) is 0 Å². The summed E-state index contributed by atoms with van der Waals surface area (Å²) in [7, 11) is 2.20. The summed E-state index contributed by atoms with van der Waals surface area (Å²) in [6.45, 7) is 7.20. The molecule has 2 fully saturated rings. The molecule has 4 heterocycles. The van der Waals surface area contributed by atoms with E-state index >= 15 is 0 Å². The van der Waals surface area contributed by atoms with Crippen molar-refractivity contribution in [3.8, 4) is 0 Å². The molecule has 0 amide bonds. The Morgan fingerprint density at radius 2 is 1.74 bits per heavy atom. The van der Waals surface area contributed by atoms with Gasteiger partial charge in [0.05, 0.1) is 17.9 Å². The van der Waals surface area contributed by atoms with Gasteiger partial charge in [0, 0.05) is 48.2 Å². The summed E-state index contributed by atoms with van der Waals surface area (Å²) in [5, 5.41) is 14.2. The smallest absolute Gasteiger partial charge is 0.475 e. The average molecular weight is 586 g/mol. The minimum atomic E-state index is -5.08. The second-order valence-electron chi connectivity index (χ2n) is 9.17. The third kappa shape index (κ3) is 10.7. The van der Waals surface area contributed by atoms with Gasteiger partial charge >= 0.3 is 24.3 Å². The number of hydrogen-bond acceptors (Lipinski definition) is 7. The number of carbonyl (C=O) groups is 2. The minimum Gasteiger partial charge on any atom is -0.475 e. The standard InChI is InChI=1S/C20H27N3OS.2C2HF3O2/c1-16-6-7-19(25-16)13-23-10-8-20(15-23)11-18(14-24-20)22(2)12-17-5-3-4-9-21-17;2*3-2(4,5)1(6)7/h3-7,9,18H,8,10-15H2,1-2H3;2*(H,6,7). The maximum Gasteiger partial charge on any atom is 0.490 e. The zero-order chi connectivity index (χ0) is 29.4. The first-order valence-electron chi connectivity index (χ1n) is 11.6. The molecule has 2 unspecified atom stereocenters. The number of ether oxygens (including phenoxy) is 1. The second-order valence-corrected chi connectivity index (χ2v) is 10.5. The highest BCUT2D eigenvalue weighted by Gasteiger charge is 2.46. The van der Waals surface area contributed by atoms with Gasteiger partial charge in [-0.05, 0) is 51.1 Å². The molecule has 2 atom stereocenters. The fraction of sp³-hybridized carbons (Fsp3) is 0.542. The van der Waals surface area contributed by atoms with E-state index in [2.05, 4.69) is 53.0 Å². The van der Waals surface area contributed by atoms with Crippen LogP contribution >= 0.6 is 11.3 Å². The molecular formula is C24H29F6N3O5S. The lowest BCUT2D eigenvalue weighted by atomic mass is 9.96. The molecule has 2 N–H and O–H groups in total. The maximum atomic E-state index is 10.6. The summed E-state index contributed by atoms with van der Waals surface area (Å²) in [6.07, 6.45) is -6.00. The van der Waals surface area contributed by atoms with E-state index in [-0.39, 0.29) is 5.60 Å². The zero-order valence-electron chi connectivity index (χ0n) is 21.1. The number of thiophene rings is 1. The van der Waals surface area contributed by atoms with Gasteiger partial charge in [0.1, 0.15) is 0 Å². The number of carboxylic acids is 2. The van der Waals surface area contributed by atoms with E-state index in [1.807, 2.05) is 23.6 Å². The first-order chi connectivity index (χ1) is 18.0. The predicted molar refractivity (Wildman–Crippen MR) is 129 cm³/mol. The SMILES string of the molecule is Cc1ccc(CN2CCC3(CC(N(C)Cc4ccccn4)CO3)C2)s1.O=C(O)C(F)(F)F.O=C(O)C(F)(F)F. The first kappa shape index (κ1) is 32.5. The zero-order valence-corrected chi connectivity index (χ0v) is 21.9. The van der Waals surface area contributed by atoms with Crippen molar-refractivity contribution in [1.82, 2.24) is 14.8 Å². The maximum absolute atomic E-state index is 10.6. The molecule has 2 aromatic heterocycles. The molecule has 8 nitrogen and oxygen atoms in total. The largest absolute Gasteiger partial charge is 0.490 e. The van der Waals surface area contributed by atoms with Crippen LogP contribution in [0.4, 0.5) is 26.3 Å². The van der Waals surface area contributed by atoms with E-state index in [0.29, 0.717) is 6.04 Å². The van der Waals surface area contributed by atoms with Gasteiger partial charge in [0.2, 0.25) is 0 Å². The number of aryl methyl sites for hydroxylation is 1. The summed E-state index contributed by atoms with van der Waals surface area (Å²) < 4.78 is 69.8.